The zero-order valence-electron chi connectivity index (χ0n) is 26.3. The largest absolute Gasteiger partial charge is 0.504 e. The fourth-order valence-electron chi connectivity index (χ4n) is 3.17. The van der Waals surface area contributed by atoms with Gasteiger partial charge in [0.15, 0.2) is 11.5 Å². The summed E-state index contributed by atoms with van der Waals surface area (Å²) in [5.74, 6) is 1.77. The van der Waals surface area contributed by atoms with E-state index in [2.05, 4.69) is 62.2 Å². The number of ether oxygens (including phenoxy) is 1. The quantitative estimate of drug-likeness (QED) is 0.258. The summed E-state index contributed by atoms with van der Waals surface area (Å²) in [4.78, 5) is 6.42. The summed E-state index contributed by atoms with van der Waals surface area (Å²) in [6.07, 6.45) is 8.59. The van der Waals surface area contributed by atoms with Crippen molar-refractivity contribution in [2.45, 2.75) is 105 Å². The van der Waals surface area contributed by atoms with E-state index in [1.54, 1.807) is 12.1 Å². The van der Waals surface area contributed by atoms with Gasteiger partial charge in [0.2, 0.25) is 0 Å². The van der Waals surface area contributed by atoms with Crippen molar-refractivity contribution in [3.63, 3.8) is 0 Å². The van der Waals surface area contributed by atoms with Crippen molar-refractivity contribution < 1.29 is 9.84 Å². The van der Waals surface area contributed by atoms with E-state index in [0.29, 0.717) is 17.8 Å². The van der Waals surface area contributed by atoms with Crippen molar-refractivity contribution in [3.05, 3.63) is 23.8 Å². The lowest BCUT2D eigenvalue weighted by Gasteiger charge is -2.25. The van der Waals surface area contributed by atoms with Gasteiger partial charge in [-0.05, 0) is 91.0 Å². The second kappa shape index (κ2) is 28.7. The van der Waals surface area contributed by atoms with Crippen molar-refractivity contribution in [3.8, 4) is 11.5 Å². The third-order valence-corrected chi connectivity index (χ3v) is 5.47. The average molecular weight is 526 g/mol. The van der Waals surface area contributed by atoms with E-state index >= 15 is 0 Å². The molecule has 1 heterocycles. The van der Waals surface area contributed by atoms with Gasteiger partial charge in [-0.2, -0.15) is 0 Å². The highest BCUT2D eigenvalue weighted by Crippen LogP contribution is 2.25. The number of hydrogen-bond donors (Lipinski definition) is 4. The number of likely N-dealkylation sites (tertiary alicyclic amines) is 1. The van der Waals surface area contributed by atoms with Crippen molar-refractivity contribution in [1.29, 1.82) is 0 Å². The predicted octanol–water partition coefficient (Wildman–Crippen LogP) is 5.98. The maximum atomic E-state index is 9.17. The number of phenols is 1. The van der Waals surface area contributed by atoms with E-state index in [-0.39, 0.29) is 5.75 Å². The van der Waals surface area contributed by atoms with E-state index < -0.39 is 0 Å². The van der Waals surface area contributed by atoms with Gasteiger partial charge >= 0.3 is 0 Å². The second-order valence-corrected chi connectivity index (χ2v) is 9.46. The minimum Gasteiger partial charge on any atom is -0.504 e. The number of methoxy groups -OCH3 is 1. The number of phenolic OH excluding ortho intramolecular Hbond substituents is 1. The number of benzene rings is 1. The Balaban J connectivity index is -0.000000420. The van der Waals surface area contributed by atoms with Gasteiger partial charge in [0.05, 0.1) is 12.9 Å². The van der Waals surface area contributed by atoms with Crippen molar-refractivity contribution >= 4 is 5.84 Å². The molecule has 1 aliphatic rings. The highest BCUT2D eigenvalue weighted by Gasteiger charge is 2.11. The van der Waals surface area contributed by atoms with Gasteiger partial charge in [-0.25, -0.2) is 0 Å². The maximum absolute atomic E-state index is 9.17. The number of piperidine rings is 1. The number of hydrogen-bond acceptors (Lipinski definition) is 6. The number of rotatable bonds is 7. The van der Waals surface area contributed by atoms with Crippen LogP contribution in [0, 0.1) is 6.92 Å². The number of nitrogens with one attached hydrogen (secondary N) is 2. The Kier molecular flexibility index (Phi) is 30.8. The summed E-state index contributed by atoms with van der Waals surface area (Å²) >= 11 is 0. The molecule has 0 bridgehead atoms. The van der Waals surface area contributed by atoms with Crippen molar-refractivity contribution in [2.75, 3.05) is 47.9 Å². The first-order valence-electron chi connectivity index (χ1n) is 14.2. The Morgan fingerprint density at radius 3 is 1.95 bits per heavy atom. The van der Waals surface area contributed by atoms with Crippen LogP contribution in [-0.2, 0) is 0 Å². The van der Waals surface area contributed by atoms with Crippen LogP contribution < -0.4 is 21.1 Å². The molecule has 1 fully saturated rings. The molecule has 0 radical (unpaired) electrons. The first-order chi connectivity index (χ1) is 17.6. The van der Waals surface area contributed by atoms with Crippen LogP contribution >= 0.6 is 0 Å². The molecule has 0 aliphatic carbocycles. The Morgan fingerprint density at radius 2 is 1.62 bits per heavy atom. The van der Waals surface area contributed by atoms with Gasteiger partial charge in [-0.3, -0.25) is 4.99 Å². The van der Waals surface area contributed by atoms with E-state index in [4.69, 9.17) is 15.6 Å². The lowest BCUT2D eigenvalue weighted by Crippen LogP contribution is -2.37. The Labute approximate surface area is 230 Å². The molecule has 0 aromatic heterocycles. The smallest absolute Gasteiger partial charge is 0.160 e. The molecule has 220 valence electrons. The fraction of sp³-hybridized carbons (Fsp3) is 0.767. The number of nitrogens with two attached hydrogens (primary N) is 1. The minimum absolute atomic E-state index is 0.197. The first-order valence-corrected chi connectivity index (χ1v) is 14.2. The SMILES string of the molecule is CCC.CCCC(CCC)NC(C)=NC.CCNC.CN1CCC(N)CC1.COc1ccc(C)cc1O. The number of amidine groups is 1. The van der Waals surface area contributed by atoms with Crippen LogP contribution in [0.1, 0.15) is 92.1 Å². The third-order valence-electron chi connectivity index (χ3n) is 5.47. The third kappa shape index (κ3) is 27.0. The number of aliphatic imine (C=N–C) groups is 1. The van der Waals surface area contributed by atoms with Crippen LogP contribution in [0.3, 0.4) is 0 Å². The summed E-state index contributed by atoms with van der Waals surface area (Å²) in [6, 6.07) is 6.40. The van der Waals surface area contributed by atoms with Gasteiger partial charge in [0, 0.05) is 19.1 Å². The molecule has 2 rings (SSSR count). The second-order valence-electron chi connectivity index (χ2n) is 9.46. The zero-order chi connectivity index (χ0) is 29.1. The van der Waals surface area contributed by atoms with Gasteiger partial charge in [-0.1, -0.05) is 59.9 Å². The van der Waals surface area contributed by atoms with Crippen LogP contribution in [0.4, 0.5) is 0 Å². The molecule has 1 saturated heterocycles. The van der Waals surface area contributed by atoms with Gasteiger partial charge in [-0.15, -0.1) is 0 Å². The number of aromatic hydroxyl groups is 1. The Bertz CT molecular complexity index is 614. The minimum atomic E-state index is 0.197. The average Bonchev–Trinajstić information content (AvgIpc) is 2.87. The summed E-state index contributed by atoms with van der Waals surface area (Å²) in [7, 11) is 7.44. The Hall–Kier alpha value is -1.83. The molecule has 7 heteroatoms. The van der Waals surface area contributed by atoms with Crippen molar-refractivity contribution in [1.82, 2.24) is 15.5 Å². The molecule has 7 nitrogen and oxygen atoms in total. The molecule has 5 N–H and O–H groups in total. The molecule has 0 saturated carbocycles. The summed E-state index contributed by atoms with van der Waals surface area (Å²) < 4.78 is 4.85. The standard InChI is InChI=1S/C10H22N2.C8H10O2.C6H14N2.C3H9N.C3H8/c1-5-7-10(8-6-2)12-9(3)11-4;1-6-3-4-8(10-2)7(9)5-6;1-8-4-2-6(7)3-5-8;1-3-4-2;1-3-2/h10H,5-8H2,1-4H3,(H,11,12);3-5,9H,1-2H3;6H,2-5,7H2,1H3;4H,3H2,1-2H3;3H2,1-2H3. The molecule has 0 atom stereocenters. The molecular weight excluding hydrogens is 462 g/mol. The lowest BCUT2D eigenvalue weighted by molar-refractivity contribution is 0.256. The molecule has 1 aromatic rings. The molecule has 1 aromatic carbocycles. The van der Waals surface area contributed by atoms with E-state index in [9.17, 15) is 0 Å². The van der Waals surface area contributed by atoms with E-state index in [1.807, 2.05) is 34.0 Å². The highest BCUT2D eigenvalue weighted by atomic mass is 16.5. The topological polar surface area (TPSA) is 95.1 Å². The highest BCUT2D eigenvalue weighted by molar-refractivity contribution is 5.79. The molecule has 0 spiro atoms. The van der Waals surface area contributed by atoms with Gasteiger partial charge < -0.3 is 31.1 Å². The zero-order valence-corrected chi connectivity index (χ0v) is 26.3. The first kappa shape index (κ1) is 39.7. The monoisotopic (exact) mass is 525 g/mol. The normalized spacial score (nSPS) is 13.5. The summed E-state index contributed by atoms with van der Waals surface area (Å²) in [5, 5.41) is 15.5. The van der Waals surface area contributed by atoms with Gasteiger partial charge in [0.25, 0.3) is 0 Å². The molecule has 1 aliphatic heterocycles. The summed E-state index contributed by atoms with van der Waals surface area (Å²) in [6.45, 7) is 18.1. The van der Waals surface area contributed by atoms with Crippen LogP contribution in [-0.4, -0.2) is 75.8 Å². The maximum Gasteiger partial charge on any atom is 0.160 e. The number of nitrogens with zero attached hydrogens (tertiary/aromatic N) is 2. The predicted molar refractivity (Wildman–Crippen MR) is 165 cm³/mol. The molecule has 37 heavy (non-hydrogen) atoms. The van der Waals surface area contributed by atoms with Crippen LogP contribution in [0.15, 0.2) is 23.2 Å². The molecule has 0 unspecified atom stereocenters. The molecule has 0 amide bonds. The lowest BCUT2D eigenvalue weighted by atomic mass is 10.1. The fourth-order valence-corrected chi connectivity index (χ4v) is 3.17. The van der Waals surface area contributed by atoms with E-state index in [0.717, 1.165) is 17.9 Å². The summed E-state index contributed by atoms with van der Waals surface area (Å²) in [5.41, 5.74) is 6.70. The van der Waals surface area contributed by atoms with Crippen LogP contribution in [0.5, 0.6) is 11.5 Å². The Morgan fingerprint density at radius 1 is 1.14 bits per heavy atom. The van der Waals surface area contributed by atoms with E-state index in [1.165, 1.54) is 65.1 Å². The van der Waals surface area contributed by atoms with Gasteiger partial charge in [0.1, 0.15) is 0 Å². The van der Waals surface area contributed by atoms with Crippen molar-refractivity contribution in [2.24, 2.45) is 10.7 Å². The number of aryl methyl sites for hydroxylation is 1. The molecular formula is C30H63N5O2. The van der Waals surface area contributed by atoms with Crippen LogP contribution in [0.2, 0.25) is 0 Å². The van der Waals surface area contributed by atoms with Crippen LogP contribution in [0.25, 0.3) is 0 Å².